The van der Waals surface area contributed by atoms with Gasteiger partial charge in [0.1, 0.15) is 21.2 Å². The first-order valence-corrected chi connectivity index (χ1v) is 12.0. The Morgan fingerprint density at radius 3 is 2.54 bits per heavy atom. The molecule has 5 aromatic rings. The van der Waals surface area contributed by atoms with E-state index in [1.54, 1.807) is 12.1 Å². The van der Waals surface area contributed by atoms with E-state index in [2.05, 4.69) is 20.3 Å². The number of halogens is 2. The average molecular weight is 522 g/mol. The molecule has 1 aromatic carbocycles. The summed E-state index contributed by atoms with van der Waals surface area (Å²) in [6, 6.07) is 14.7. The molecule has 0 atom stereocenters. The van der Waals surface area contributed by atoms with E-state index < -0.39 is 0 Å². The van der Waals surface area contributed by atoms with Crippen molar-refractivity contribution in [2.45, 2.75) is 6.92 Å². The lowest BCUT2D eigenvalue weighted by Gasteiger charge is -2.13. The van der Waals surface area contributed by atoms with Crippen molar-refractivity contribution in [3.63, 3.8) is 0 Å². The van der Waals surface area contributed by atoms with Crippen LogP contribution >= 0.6 is 34.5 Å². The lowest BCUT2D eigenvalue weighted by molar-refractivity contribution is 0.102. The summed E-state index contributed by atoms with van der Waals surface area (Å²) < 4.78 is 5.44. The van der Waals surface area contributed by atoms with Gasteiger partial charge in [0.05, 0.1) is 24.6 Å². The maximum Gasteiger partial charge on any atom is 0.259 e. The highest BCUT2D eigenvalue weighted by molar-refractivity contribution is 7.22. The van der Waals surface area contributed by atoms with E-state index in [9.17, 15) is 4.79 Å². The second-order valence-electron chi connectivity index (χ2n) is 7.58. The highest BCUT2D eigenvalue weighted by Crippen LogP contribution is 2.35. The second kappa shape index (κ2) is 9.58. The highest BCUT2D eigenvalue weighted by Gasteiger charge is 2.19. The normalized spacial score (nSPS) is 11.0. The number of methoxy groups -OCH3 is 1. The van der Waals surface area contributed by atoms with Crippen LogP contribution in [-0.4, -0.2) is 33.0 Å². The number of rotatable bonds is 5. The number of fused-ring (bicyclic) bond motifs is 1. The van der Waals surface area contributed by atoms with Gasteiger partial charge < -0.3 is 4.74 Å². The third kappa shape index (κ3) is 4.81. The molecule has 1 N–H and O–H groups in total. The van der Waals surface area contributed by atoms with Crippen molar-refractivity contribution in [2.75, 3.05) is 12.4 Å². The Kier molecular flexibility index (Phi) is 6.34. The molecule has 0 unspecified atom stereocenters. The van der Waals surface area contributed by atoms with E-state index in [0.29, 0.717) is 42.9 Å². The average Bonchev–Trinajstić information content (AvgIpc) is 3.25. The van der Waals surface area contributed by atoms with E-state index in [4.69, 9.17) is 32.9 Å². The minimum atomic E-state index is -0.362. The van der Waals surface area contributed by atoms with Crippen molar-refractivity contribution < 1.29 is 9.53 Å². The lowest BCUT2D eigenvalue weighted by Crippen LogP contribution is -2.14. The van der Waals surface area contributed by atoms with E-state index in [1.165, 1.54) is 30.8 Å². The Labute approximate surface area is 214 Å². The third-order valence-corrected chi connectivity index (χ3v) is 6.58. The fourth-order valence-corrected chi connectivity index (χ4v) is 4.69. The SMILES string of the molecule is COc1cnc(Cl)cc1-c1cc(C)ncc1C(=O)Nc1nc2ccc(-c3ccc(Cl)cc3)nc2s1. The number of carbonyl (C=O) groups is 1. The van der Waals surface area contributed by atoms with Crippen LogP contribution in [0.25, 0.3) is 32.7 Å². The molecule has 0 saturated heterocycles. The Morgan fingerprint density at radius 2 is 1.77 bits per heavy atom. The van der Waals surface area contributed by atoms with Gasteiger partial charge in [-0.1, -0.05) is 46.7 Å². The number of nitrogens with zero attached hydrogens (tertiary/aromatic N) is 4. The maximum atomic E-state index is 13.3. The van der Waals surface area contributed by atoms with Crippen LogP contribution in [0.5, 0.6) is 5.75 Å². The highest BCUT2D eigenvalue weighted by atomic mass is 35.5. The molecule has 4 heterocycles. The Bertz CT molecular complexity index is 1570. The molecular weight excluding hydrogens is 505 g/mol. The molecule has 1 amide bonds. The van der Waals surface area contributed by atoms with Crippen molar-refractivity contribution in [1.82, 2.24) is 19.9 Å². The van der Waals surface area contributed by atoms with Gasteiger partial charge in [-0.05, 0) is 43.3 Å². The topological polar surface area (TPSA) is 89.9 Å². The largest absolute Gasteiger partial charge is 0.494 e. The van der Waals surface area contributed by atoms with Gasteiger partial charge in [-0.15, -0.1) is 0 Å². The monoisotopic (exact) mass is 521 g/mol. The fraction of sp³-hybridized carbons (Fsp3) is 0.0800. The summed E-state index contributed by atoms with van der Waals surface area (Å²) in [4.78, 5) is 31.6. The molecule has 0 aliphatic rings. The summed E-state index contributed by atoms with van der Waals surface area (Å²) in [5.41, 5.74) is 4.78. The molecule has 174 valence electrons. The Hall–Kier alpha value is -3.59. The Morgan fingerprint density at radius 1 is 0.971 bits per heavy atom. The summed E-state index contributed by atoms with van der Waals surface area (Å²) in [6.07, 6.45) is 3.05. The first-order valence-electron chi connectivity index (χ1n) is 10.4. The summed E-state index contributed by atoms with van der Waals surface area (Å²) in [7, 11) is 1.54. The summed E-state index contributed by atoms with van der Waals surface area (Å²) >= 11 is 13.4. The van der Waals surface area contributed by atoms with E-state index >= 15 is 0 Å². The van der Waals surface area contributed by atoms with Gasteiger partial charge in [0, 0.05) is 33.6 Å². The molecule has 0 saturated carbocycles. The van der Waals surface area contributed by atoms with Crippen molar-refractivity contribution in [3.8, 4) is 28.1 Å². The molecule has 0 spiro atoms. The van der Waals surface area contributed by atoms with Crippen molar-refractivity contribution >= 4 is 55.9 Å². The number of amides is 1. The quantitative estimate of drug-likeness (QED) is 0.259. The zero-order valence-corrected chi connectivity index (χ0v) is 20.9. The minimum Gasteiger partial charge on any atom is -0.494 e. The number of nitrogens with one attached hydrogen (secondary N) is 1. The number of hydrogen-bond donors (Lipinski definition) is 1. The standard InChI is InChI=1S/C25H17Cl2N5O2S/c1-13-9-16(17-10-22(27)29-12-21(17)34-2)18(11-28-13)23(33)32-25-31-20-8-7-19(30-24(20)35-25)14-3-5-15(26)6-4-14/h3-12H,1-2H3,(H,31,32,33). The minimum absolute atomic E-state index is 0.287. The summed E-state index contributed by atoms with van der Waals surface area (Å²) in [5, 5.41) is 4.25. The van der Waals surface area contributed by atoms with E-state index in [-0.39, 0.29) is 11.1 Å². The third-order valence-electron chi connectivity index (χ3n) is 5.25. The molecule has 0 aliphatic carbocycles. The van der Waals surface area contributed by atoms with Gasteiger partial charge in [-0.3, -0.25) is 15.1 Å². The molecule has 4 aromatic heterocycles. The van der Waals surface area contributed by atoms with Gasteiger partial charge in [0.15, 0.2) is 5.13 Å². The van der Waals surface area contributed by atoms with Crippen molar-refractivity contribution in [2.24, 2.45) is 0 Å². The molecule has 35 heavy (non-hydrogen) atoms. The zero-order valence-electron chi connectivity index (χ0n) is 18.5. The number of ether oxygens (including phenoxy) is 1. The summed E-state index contributed by atoms with van der Waals surface area (Å²) in [5.74, 6) is 0.132. The van der Waals surface area contributed by atoms with Crippen LogP contribution < -0.4 is 10.1 Å². The number of hydrogen-bond acceptors (Lipinski definition) is 7. The molecule has 10 heteroatoms. The first kappa shape index (κ1) is 23.2. The molecule has 0 fully saturated rings. The van der Waals surface area contributed by atoms with Gasteiger partial charge in [0.25, 0.3) is 5.91 Å². The number of anilines is 1. The molecule has 7 nitrogen and oxygen atoms in total. The number of carbonyl (C=O) groups excluding carboxylic acids is 1. The number of aryl methyl sites for hydroxylation is 1. The first-order chi connectivity index (χ1) is 16.9. The zero-order chi connectivity index (χ0) is 24.5. The number of aromatic nitrogens is 4. The fourth-order valence-electron chi connectivity index (χ4n) is 3.57. The van der Waals surface area contributed by atoms with Crippen LogP contribution in [0, 0.1) is 6.92 Å². The van der Waals surface area contributed by atoms with Crippen molar-refractivity contribution in [3.05, 3.63) is 82.4 Å². The van der Waals surface area contributed by atoms with Crippen LogP contribution in [0.1, 0.15) is 16.1 Å². The maximum absolute atomic E-state index is 13.3. The Balaban J connectivity index is 1.48. The smallest absolute Gasteiger partial charge is 0.259 e. The lowest BCUT2D eigenvalue weighted by atomic mass is 10.0. The van der Waals surface area contributed by atoms with Crippen LogP contribution in [0.4, 0.5) is 5.13 Å². The van der Waals surface area contributed by atoms with Gasteiger partial charge >= 0.3 is 0 Å². The van der Waals surface area contributed by atoms with Crippen LogP contribution in [0.2, 0.25) is 10.2 Å². The molecule has 0 radical (unpaired) electrons. The molecule has 0 bridgehead atoms. The number of pyridine rings is 3. The summed E-state index contributed by atoms with van der Waals surface area (Å²) in [6.45, 7) is 1.85. The molecular formula is C25H17Cl2N5O2S. The van der Waals surface area contributed by atoms with Crippen LogP contribution in [0.15, 0.2) is 60.9 Å². The van der Waals surface area contributed by atoms with Crippen LogP contribution in [0.3, 0.4) is 0 Å². The predicted octanol–water partition coefficient (Wildman–Crippen LogP) is 6.69. The van der Waals surface area contributed by atoms with Crippen molar-refractivity contribution in [1.29, 1.82) is 0 Å². The van der Waals surface area contributed by atoms with E-state index in [0.717, 1.165) is 17.0 Å². The van der Waals surface area contributed by atoms with Gasteiger partial charge in [-0.2, -0.15) is 0 Å². The number of thiazole rings is 1. The van der Waals surface area contributed by atoms with Gasteiger partial charge in [0.2, 0.25) is 0 Å². The molecule has 5 rings (SSSR count). The second-order valence-corrected chi connectivity index (χ2v) is 9.38. The predicted molar refractivity (Wildman–Crippen MR) is 140 cm³/mol. The van der Waals surface area contributed by atoms with E-state index in [1.807, 2.05) is 43.3 Å². The van der Waals surface area contributed by atoms with Gasteiger partial charge in [-0.25, -0.2) is 15.0 Å². The number of benzene rings is 1. The molecule has 0 aliphatic heterocycles. The van der Waals surface area contributed by atoms with Crippen LogP contribution in [-0.2, 0) is 0 Å².